The molecular formula is C28H49NO. The fourth-order valence-electron chi connectivity index (χ4n) is 9.82. The lowest BCUT2D eigenvalue weighted by Crippen LogP contribution is -2.58. The van der Waals surface area contributed by atoms with Gasteiger partial charge in [-0.3, -0.25) is 4.79 Å². The summed E-state index contributed by atoms with van der Waals surface area (Å²) in [7, 11) is 0. The Morgan fingerprint density at radius 1 is 0.933 bits per heavy atom. The third-order valence-electron chi connectivity index (χ3n) is 11.3. The minimum atomic E-state index is -0.000687. The number of rotatable bonds is 6. The highest BCUT2D eigenvalue weighted by molar-refractivity contribution is 5.77. The van der Waals surface area contributed by atoms with Crippen molar-refractivity contribution in [2.75, 3.05) is 0 Å². The molecule has 4 rings (SSSR count). The van der Waals surface area contributed by atoms with Gasteiger partial charge < -0.3 is 5.73 Å². The summed E-state index contributed by atoms with van der Waals surface area (Å²) < 4.78 is 0. The highest BCUT2D eigenvalue weighted by Gasteiger charge is 2.62. The van der Waals surface area contributed by atoms with Crippen LogP contribution in [0.2, 0.25) is 0 Å². The van der Waals surface area contributed by atoms with E-state index in [9.17, 15) is 4.79 Å². The van der Waals surface area contributed by atoms with Crippen LogP contribution >= 0.6 is 0 Å². The largest absolute Gasteiger partial charge is 0.369 e. The molecule has 172 valence electrons. The highest BCUT2D eigenvalue weighted by Crippen LogP contribution is 2.69. The van der Waals surface area contributed by atoms with Gasteiger partial charge in [0.05, 0.1) is 0 Å². The van der Waals surface area contributed by atoms with E-state index in [2.05, 4.69) is 34.6 Å². The topological polar surface area (TPSA) is 43.1 Å². The number of amides is 1. The maximum atomic E-state index is 12.5. The molecule has 2 N–H and O–H groups in total. The Kier molecular flexibility index (Phi) is 6.37. The van der Waals surface area contributed by atoms with E-state index in [-0.39, 0.29) is 17.2 Å². The molecule has 9 atom stereocenters. The molecule has 4 aliphatic rings. The summed E-state index contributed by atoms with van der Waals surface area (Å²) in [4.78, 5) is 12.5. The Labute approximate surface area is 186 Å². The van der Waals surface area contributed by atoms with Crippen LogP contribution in [0.1, 0.15) is 112 Å². The minimum absolute atomic E-state index is 0.000687. The van der Waals surface area contributed by atoms with E-state index >= 15 is 0 Å². The van der Waals surface area contributed by atoms with E-state index in [4.69, 9.17) is 5.73 Å². The lowest BCUT2D eigenvalue weighted by Gasteiger charge is -2.62. The van der Waals surface area contributed by atoms with Gasteiger partial charge in [0.1, 0.15) is 0 Å². The molecule has 1 amide bonds. The molecule has 0 aromatic carbocycles. The quantitative estimate of drug-likeness (QED) is 0.489. The van der Waals surface area contributed by atoms with Gasteiger partial charge in [-0.2, -0.15) is 0 Å². The summed E-state index contributed by atoms with van der Waals surface area (Å²) in [6, 6.07) is 0. The van der Waals surface area contributed by atoms with Crippen molar-refractivity contribution in [3.63, 3.8) is 0 Å². The maximum Gasteiger partial charge on any atom is 0.221 e. The van der Waals surface area contributed by atoms with Gasteiger partial charge in [-0.1, -0.05) is 60.3 Å². The molecule has 0 aliphatic heterocycles. The molecule has 0 heterocycles. The predicted molar refractivity (Wildman–Crippen MR) is 126 cm³/mol. The third-order valence-corrected chi connectivity index (χ3v) is 11.3. The number of hydrogen-bond acceptors (Lipinski definition) is 1. The highest BCUT2D eigenvalue weighted by atomic mass is 16.1. The Bertz CT molecular complexity index is 628. The zero-order valence-corrected chi connectivity index (χ0v) is 20.6. The van der Waals surface area contributed by atoms with Gasteiger partial charge in [0.15, 0.2) is 0 Å². The Morgan fingerprint density at radius 3 is 2.40 bits per heavy atom. The van der Waals surface area contributed by atoms with Crippen molar-refractivity contribution in [1.82, 2.24) is 0 Å². The fourth-order valence-corrected chi connectivity index (χ4v) is 9.82. The molecule has 4 aliphatic carbocycles. The molecule has 2 heteroatoms. The first-order valence-electron chi connectivity index (χ1n) is 13.5. The average Bonchev–Trinajstić information content (AvgIpc) is 3.03. The first-order chi connectivity index (χ1) is 14.2. The number of fused-ring (bicyclic) bond motifs is 5. The van der Waals surface area contributed by atoms with Crippen LogP contribution in [0.25, 0.3) is 0 Å². The van der Waals surface area contributed by atoms with Gasteiger partial charge in [-0.25, -0.2) is 0 Å². The second-order valence-corrected chi connectivity index (χ2v) is 12.9. The Balaban J connectivity index is 1.52. The summed E-state index contributed by atoms with van der Waals surface area (Å²) in [6.45, 7) is 12.5. The minimum Gasteiger partial charge on any atom is -0.369 e. The Hall–Kier alpha value is -0.530. The van der Waals surface area contributed by atoms with Crippen molar-refractivity contribution in [2.24, 2.45) is 63.9 Å². The number of hydrogen-bond donors (Lipinski definition) is 1. The van der Waals surface area contributed by atoms with Gasteiger partial charge in [0, 0.05) is 5.92 Å². The van der Waals surface area contributed by atoms with Crippen molar-refractivity contribution >= 4 is 5.91 Å². The molecule has 4 fully saturated rings. The molecule has 2 nitrogen and oxygen atoms in total. The van der Waals surface area contributed by atoms with Crippen LogP contribution in [0, 0.1) is 58.2 Å². The van der Waals surface area contributed by atoms with Crippen molar-refractivity contribution in [3.8, 4) is 0 Å². The molecule has 0 spiro atoms. The molecule has 0 bridgehead atoms. The molecule has 0 saturated heterocycles. The zero-order valence-electron chi connectivity index (χ0n) is 20.6. The van der Waals surface area contributed by atoms with E-state index in [0.29, 0.717) is 5.41 Å². The van der Waals surface area contributed by atoms with E-state index in [1.165, 1.54) is 70.6 Å². The van der Waals surface area contributed by atoms with Gasteiger partial charge in [-0.15, -0.1) is 0 Å². The predicted octanol–water partition coefficient (Wildman–Crippen LogP) is 7.21. The van der Waals surface area contributed by atoms with Gasteiger partial charge in [0.2, 0.25) is 5.91 Å². The summed E-state index contributed by atoms with van der Waals surface area (Å²) in [6.07, 6.45) is 16.2. The first kappa shape index (κ1) is 22.7. The lowest BCUT2D eigenvalue weighted by atomic mass is 9.42. The zero-order chi connectivity index (χ0) is 21.7. The van der Waals surface area contributed by atoms with Gasteiger partial charge in [0.25, 0.3) is 0 Å². The molecule has 2 unspecified atom stereocenters. The average molecular weight is 416 g/mol. The summed E-state index contributed by atoms with van der Waals surface area (Å²) in [5.41, 5.74) is 6.72. The number of carbonyl (C=O) groups excluding carboxylic acids is 1. The second kappa shape index (κ2) is 8.43. The molecule has 0 aromatic heterocycles. The molecule has 0 aromatic rings. The van der Waals surface area contributed by atoms with Crippen molar-refractivity contribution in [2.45, 2.75) is 112 Å². The van der Waals surface area contributed by atoms with Crippen LogP contribution in [0.4, 0.5) is 0 Å². The van der Waals surface area contributed by atoms with Crippen LogP contribution in [0.3, 0.4) is 0 Å². The normalized spacial score (nSPS) is 46.7. The SMILES string of the molecule is CC(C)CCC[C@@H](C)[C@H]1CC[C@H]2[C@@H]3CCC4CCCC(C(N)=O)[C@]4(C)[C@H]3CC[C@]12C. The maximum absolute atomic E-state index is 12.5. The van der Waals surface area contributed by atoms with Crippen molar-refractivity contribution < 1.29 is 4.79 Å². The molecule has 0 radical (unpaired) electrons. The van der Waals surface area contributed by atoms with E-state index in [1.54, 1.807) is 0 Å². The van der Waals surface area contributed by atoms with Crippen LogP contribution < -0.4 is 5.73 Å². The fraction of sp³-hybridized carbons (Fsp3) is 0.964. The van der Waals surface area contributed by atoms with E-state index in [0.717, 1.165) is 47.8 Å². The van der Waals surface area contributed by atoms with Crippen LogP contribution in [-0.2, 0) is 4.79 Å². The number of carbonyl (C=O) groups is 1. The Morgan fingerprint density at radius 2 is 1.70 bits per heavy atom. The number of nitrogens with two attached hydrogens (primary N) is 1. The smallest absolute Gasteiger partial charge is 0.221 e. The van der Waals surface area contributed by atoms with Crippen molar-refractivity contribution in [3.05, 3.63) is 0 Å². The standard InChI is InChI=1S/C28H49NO/c1-18(2)8-6-9-19(3)22-14-15-23-21-13-12-20-10-7-11-25(26(29)30)28(20,5)24(21)16-17-27(22,23)4/h18-25H,6-17H2,1-5H3,(H2,29,30)/t19-,20?,21+,22-,23+,24+,25?,27-,28+/m1/s1. The van der Waals surface area contributed by atoms with E-state index < -0.39 is 0 Å². The van der Waals surface area contributed by atoms with Crippen LogP contribution in [0.5, 0.6) is 0 Å². The van der Waals surface area contributed by atoms with Crippen LogP contribution in [-0.4, -0.2) is 5.91 Å². The summed E-state index contributed by atoms with van der Waals surface area (Å²) in [5, 5.41) is 0. The lowest BCUT2D eigenvalue weighted by molar-refractivity contribution is -0.156. The van der Waals surface area contributed by atoms with E-state index in [1.807, 2.05) is 0 Å². The first-order valence-corrected chi connectivity index (χ1v) is 13.5. The number of primary amides is 1. The molecule has 30 heavy (non-hydrogen) atoms. The van der Waals surface area contributed by atoms with Crippen LogP contribution in [0.15, 0.2) is 0 Å². The second-order valence-electron chi connectivity index (χ2n) is 12.9. The molecule has 4 saturated carbocycles. The summed E-state index contributed by atoms with van der Waals surface area (Å²) in [5.74, 6) is 5.96. The summed E-state index contributed by atoms with van der Waals surface area (Å²) >= 11 is 0. The third kappa shape index (κ3) is 3.57. The van der Waals surface area contributed by atoms with Gasteiger partial charge in [-0.05, 0) is 104 Å². The monoisotopic (exact) mass is 415 g/mol. The van der Waals surface area contributed by atoms with Crippen molar-refractivity contribution in [1.29, 1.82) is 0 Å². The molecular weight excluding hydrogens is 366 g/mol. The van der Waals surface area contributed by atoms with Gasteiger partial charge >= 0.3 is 0 Å².